The fraction of sp³-hybridized carbons (Fsp3) is 0.345. The highest BCUT2D eigenvalue weighted by atomic mass is 79.9. The summed E-state index contributed by atoms with van der Waals surface area (Å²) in [6, 6.07) is 10.1. The van der Waals surface area contributed by atoms with Crippen LogP contribution in [0.4, 0.5) is 5.82 Å². The molecular weight excluding hydrogens is 590 g/mol. The number of methoxy groups -OCH3 is 1. The maximum Gasteiger partial charge on any atom is 0.248 e. The van der Waals surface area contributed by atoms with Crippen LogP contribution in [0.3, 0.4) is 0 Å². The number of carbonyl (C=O) groups is 3. The molecule has 0 bridgehead atoms. The van der Waals surface area contributed by atoms with Gasteiger partial charge in [0.2, 0.25) is 11.8 Å². The van der Waals surface area contributed by atoms with E-state index in [0.29, 0.717) is 40.2 Å². The third kappa shape index (κ3) is 5.02. The van der Waals surface area contributed by atoms with Gasteiger partial charge in [0, 0.05) is 48.8 Å². The van der Waals surface area contributed by atoms with Gasteiger partial charge in [0.1, 0.15) is 34.5 Å². The highest BCUT2D eigenvalue weighted by Gasteiger charge is 2.67. The van der Waals surface area contributed by atoms with Crippen molar-refractivity contribution in [2.75, 3.05) is 19.0 Å². The van der Waals surface area contributed by atoms with E-state index in [4.69, 9.17) is 4.74 Å². The predicted octanol–water partition coefficient (Wildman–Crippen LogP) is 3.81. The van der Waals surface area contributed by atoms with E-state index in [2.05, 4.69) is 41.3 Å². The lowest BCUT2D eigenvalue weighted by molar-refractivity contribution is -0.138. The van der Waals surface area contributed by atoms with Gasteiger partial charge in [-0.3, -0.25) is 19.1 Å². The predicted molar refractivity (Wildman–Crippen MR) is 154 cm³/mol. The topological polar surface area (TPSA) is 132 Å². The molecule has 0 spiro atoms. The van der Waals surface area contributed by atoms with Crippen molar-refractivity contribution in [3.8, 4) is 11.1 Å². The summed E-state index contributed by atoms with van der Waals surface area (Å²) in [6.07, 6.45) is 4.73. The molecule has 6 rings (SSSR count). The molecule has 2 fully saturated rings. The van der Waals surface area contributed by atoms with Gasteiger partial charge in [-0.05, 0) is 65.5 Å². The number of hydrogen-bond acceptors (Lipinski definition) is 8. The van der Waals surface area contributed by atoms with Crippen LogP contribution in [0.15, 0.2) is 53.4 Å². The number of anilines is 1. The third-order valence-electron chi connectivity index (χ3n) is 7.89. The second-order valence-electron chi connectivity index (χ2n) is 10.7. The van der Waals surface area contributed by atoms with E-state index >= 15 is 0 Å². The summed E-state index contributed by atoms with van der Waals surface area (Å²) in [6.45, 7) is 3.62. The van der Waals surface area contributed by atoms with Crippen LogP contribution >= 0.6 is 15.9 Å². The van der Waals surface area contributed by atoms with Gasteiger partial charge in [-0.1, -0.05) is 12.1 Å². The number of aromatic nitrogens is 5. The average molecular weight is 618 g/mol. The maximum absolute atomic E-state index is 13.9. The number of pyridine rings is 1. The van der Waals surface area contributed by atoms with Crippen molar-refractivity contribution in [2.45, 2.75) is 45.3 Å². The number of halogens is 1. The number of hydrogen-bond donors (Lipinski definition) is 1. The van der Waals surface area contributed by atoms with Gasteiger partial charge in [-0.25, -0.2) is 15.0 Å². The number of rotatable bonds is 8. The van der Waals surface area contributed by atoms with Gasteiger partial charge in [0.05, 0.1) is 12.1 Å². The van der Waals surface area contributed by atoms with Crippen LogP contribution in [0.25, 0.3) is 22.0 Å². The van der Waals surface area contributed by atoms with Crippen molar-refractivity contribution in [3.05, 3.63) is 64.9 Å². The summed E-state index contributed by atoms with van der Waals surface area (Å²) in [5, 5.41) is 8.03. The minimum Gasteiger partial charge on any atom is -0.384 e. The van der Waals surface area contributed by atoms with E-state index in [9.17, 15) is 14.4 Å². The Morgan fingerprint density at radius 1 is 1.12 bits per heavy atom. The molecule has 4 aromatic rings. The minimum atomic E-state index is -0.681. The fourth-order valence-electron chi connectivity index (χ4n) is 5.89. The number of ether oxygens (including phenoxy) is 1. The molecule has 12 heteroatoms. The molecule has 1 saturated carbocycles. The lowest BCUT2D eigenvalue weighted by Gasteiger charge is -2.26. The van der Waals surface area contributed by atoms with E-state index < -0.39 is 6.04 Å². The van der Waals surface area contributed by atoms with Crippen molar-refractivity contribution in [2.24, 2.45) is 5.41 Å². The molecular formula is C29H28BrN7O4. The Morgan fingerprint density at radius 3 is 2.61 bits per heavy atom. The van der Waals surface area contributed by atoms with Crippen molar-refractivity contribution in [1.29, 1.82) is 0 Å². The van der Waals surface area contributed by atoms with E-state index in [1.54, 1.807) is 47.3 Å². The summed E-state index contributed by atoms with van der Waals surface area (Å²) in [4.78, 5) is 54.4. The normalized spacial score (nSPS) is 21.1. The van der Waals surface area contributed by atoms with Crippen LogP contribution in [0.5, 0.6) is 0 Å². The summed E-state index contributed by atoms with van der Waals surface area (Å²) >= 11 is 3.32. The molecule has 41 heavy (non-hydrogen) atoms. The van der Waals surface area contributed by atoms with Crippen LogP contribution in [-0.4, -0.2) is 73.0 Å². The van der Waals surface area contributed by atoms with Gasteiger partial charge in [-0.2, -0.15) is 5.10 Å². The molecule has 210 valence electrons. The highest BCUT2D eigenvalue weighted by molar-refractivity contribution is 9.10. The summed E-state index contributed by atoms with van der Waals surface area (Å²) in [5.41, 5.74) is 2.33. The number of likely N-dealkylation sites (tertiary alicyclic amines) is 1. The monoisotopic (exact) mass is 617 g/mol. The molecule has 0 radical (unpaired) electrons. The lowest BCUT2D eigenvalue weighted by atomic mass is 10.00. The number of piperidine rings is 1. The Morgan fingerprint density at radius 2 is 1.90 bits per heavy atom. The summed E-state index contributed by atoms with van der Waals surface area (Å²) in [5.74, 6) is 0.309. The van der Waals surface area contributed by atoms with Crippen molar-refractivity contribution >= 4 is 50.2 Å². The van der Waals surface area contributed by atoms with E-state index in [-0.39, 0.29) is 41.3 Å². The van der Waals surface area contributed by atoms with Crippen molar-refractivity contribution < 1.29 is 19.1 Å². The van der Waals surface area contributed by atoms with Gasteiger partial charge in [0.25, 0.3) is 0 Å². The van der Waals surface area contributed by atoms with Crippen molar-refractivity contribution in [3.63, 3.8) is 0 Å². The first-order valence-corrected chi connectivity index (χ1v) is 14.0. The molecule has 1 aliphatic carbocycles. The van der Waals surface area contributed by atoms with Gasteiger partial charge < -0.3 is 15.0 Å². The first kappa shape index (κ1) is 27.2. The van der Waals surface area contributed by atoms with Gasteiger partial charge >= 0.3 is 0 Å². The largest absolute Gasteiger partial charge is 0.384 e. The van der Waals surface area contributed by atoms with Crippen LogP contribution in [0.2, 0.25) is 0 Å². The Balaban J connectivity index is 1.30. The van der Waals surface area contributed by atoms with Crippen molar-refractivity contribution in [1.82, 2.24) is 29.6 Å². The third-order valence-corrected chi connectivity index (χ3v) is 8.33. The number of aryl methyl sites for hydroxylation is 1. The molecule has 1 N–H and O–H groups in total. The molecule has 3 aromatic heterocycles. The number of carbonyl (C=O) groups excluding carboxylic acids is 3. The average Bonchev–Trinajstić information content (AvgIpc) is 3.35. The Labute approximate surface area is 244 Å². The Kier molecular flexibility index (Phi) is 6.90. The van der Waals surface area contributed by atoms with Gasteiger partial charge in [-0.15, -0.1) is 0 Å². The van der Waals surface area contributed by atoms with Crippen LogP contribution < -0.4 is 5.32 Å². The Hall–Kier alpha value is -4.03. The van der Waals surface area contributed by atoms with E-state index in [0.717, 1.165) is 17.5 Å². The quantitative estimate of drug-likeness (QED) is 0.233. The number of ketones is 1. The zero-order valence-corrected chi connectivity index (χ0v) is 24.4. The standard InChI is InChI=1S/C29H28BrN7O4/c1-16(38)27-20-9-18(19-12-31-17(2)32-13-19)7-8-21(20)36(35-27)14-26(39)37-22(10-29(15-41-3)11-23(29)37)28(40)34-25-6-4-5-24(30)33-25/h4-9,12-13,22-23H,10-11,14-15H2,1-3H3,(H,33,34,40)/t22-,23-,29+/m0/s1. The molecule has 4 heterocycles. The molecule has 1 saturated heterocycles. The molecule has 1 aromatic carbocycles. The maximum atomic E-state index is 13.9. The molecule has 0 unspecified atom stereocenters. The van der Waals surface area contributed by atoms with E-state index in [1.807, 2.05) is 25.1 Å². The summed E-state index contributed by atoms with van der Waals surface area (Å²) < 4.78 is 7.61. The van der Waals surface area contributed by atoms with Crippen LogP contribution in [-0.2, 0) is 20.9 Å². The fourth-order valence-corrected chi connectivity index (χ4v) is 6.23. The highest BCUT2D eigenvalue weighted by Crippen LogP contribution is 2.59. The number of nitrogens with zero attached hydrogens (tertiary/aromatic N) is 6. The number of Topliss-reactive ketones (excluding diaryl/α,β-unsaturated/α-hetero) is 1. The zero-order chi connectivity index (χ0) is 28.9. The minimum absolute atomic E-state index is 0.108. The number of nitrogens with one attached hydrogen (secondary N) is 1. The number of benzene rings is 1. The van der Waals surface area contributed by atoms with Crippen LogP contribution in [0, 0.1) is 12.3 Å². The smallest absolute Gasteiger partial charge is 0.248 e. The molecule has 2 aliphatic rings. The number of fused-ring (bicyclic) bond motifs is 2. The SMILES string of the molecule is COC[C@@]12C[C@@H]1N(C(=O)Cn1nc(C(C)=O)c3cc(-c4cnc(C)nc4)ccc31)[C@H](C(=O)Nc1cccc(Br)n1)C2. The second-order valence-corrected chi connectivity index (χ2v) is 11.5. The van der Waals surface area contributed by atoms with Gasteiger partial charge in [0.15, 0.2) is 5.78 Å². The Bertz CT molecular complexity index is 1690. The number of amides is 2. The molecule has 11 nitrogen and oxygen atoms in total. The van der Waals surface area contributed by atoms with E-state index in [1.165, 1.54) is 6.92 Å². The summed E-state index contributed by atoms with van der Waals surface area (Å²) in [7, 11) is 1.63. The first-order chi connectivity index (χ1) is 19.7. The first-order valence-electron chi connectivity index (χ1n) is 13.2. The lowest BCUT2D eigenvalue weighted by Crippen LogP contribution is -2.46. The molecule has 3 atom stereocenters. The molecule has 2 amide bonds. The molecule has 1 aliphatic heterocycles. The second kappa shape index (κ2) is 10.4. The van der Waals surface area contributed by atoms with Crippen LogP contribution in [0.1, 0.15) is 36.1 Å². The zero-order valence-electron chi connectivity index (χ0n) is 22.8.